The molecular weight excluding hydrogens is 536 g/mol. The lowest BCUT2D eigenvalue weighted by Gasteiger charge is -2.25. The van der Waals surface area contributed by atoms with Gasteiger partial charge in [-0.05, 0) is 72.8 Å². The van der Waals surface area contributed by atoms with E-state index < -0.39 is 0 Å². The monoisotopic (exact) mass is 558 g/mol. The fourth-order valence-electron chi connectivity index (χ4n) is 5.95. The highest BCUT2D eigenvalue weighted by Crippen LogP contribution is 2.41. The number of fused-ring (bicyclic) bond motifs is 8. The maximum atomic E-state index is 6.40. The van der Waals surface area contributed by atoms with Gasteiger partial charge in [0.2, 0.25) is 5.89 Å². The summed E-state index contributed by atoms with van der Waals surface area (Å²) in [6, 6.07) is 46.2. The zero-order chi connectivity index (χ0) is 27.6. The number of furan rings is 1. The molecule has 198 valence electrons. The van der Waals surface area contributed by atoms with Gasteiger partial charge in [-0.15, -0.1) is 11.3 Å². The lowest BCUT2D eigenvalue weighted by Crippen LogP contribution is -2.09. The van der Waals surface area contributed by atoms with Gasteiger partial charge < -0.3 is 13.7 Å². The van der Waals surface area contributed by atoms with Gasteiger partial charge in [0.15, 0.2) is 5.58 Å². The lowest BCUT2D eigenvalue weighted by molar-refractivity contribution is 0.622. The summed E-state index contributed by atoms with van der Waals surface area (Å²) in [5.41, 5.74) is 7.40. The van der Waals surface area contributed by atoms with E-state index in [1.807, 2.05) is 47.7 Å². The topological polar surface area (TPSA) is 42.4 Å². The van der Waals surface area contributed by atoms with Crippen molar-refractivity contribution < 1.29 is 8.83 Å². The van der Waals surface area contributed by atoms with Gasteiger partial charge in [0.1, 0.15) is 16.7 Å². The Hall–Kier alpha value is -5.39. The van der Waals surface area contributed by atoms with Crippen LogP contribution in [-0.2, 0) is 0 Å². The predicted octanol–water partition coefficient (Wildman–Crippen LogP) is 11.2. The molecule has 42 heavy (non-hydrogen) atoms. The number of anilines is 3. The third-order valence-electron chi connectivity index (χ3n) is 7.90. The molecular formula is C37H22N2O2S. The summed E-state index contributed by atoms with van der Waals surface area (Å²) in [7, 11) is 0. The van der Waals surface area contributed by atoms with Gasteiger partial charge in [0.25, 0.3) is 0 Å². The van der Waals surface area contributed by atoms with E-state index in [0.717, 1.165) is 55.7 Å². The van der Waals surface area contributed by atoms with Gasteiger partial charge >= 0.3 is 0 Å². The molecule has 6 aromatic carbocycles. The van der Waals surface area contributed by atoms with Crippen LogP contribution >= 0.6 is 11.3 Å². The molecule has 0 aliphatic rings. The Bertz CT molecular complexity index is 2420. The van der Waals surface area contributed by atoms with Gasteiger partial charge in [-0.2, -0.15) is 0 Å². The molecule has 0 saturated heterocycles. The fraction of sp³-hybridized carbons (Fsp3) is 0. The number of para-hydroxylation sites is 2. The standard InChI is InChI=1S/C37H22N2O2S/c1-2-8-24(9-3-1)39(26-18-19-28-27-10-5-7-13-33(27)42-34(28)22-26)25-16-14-23(15-17-25)37-38-30-20-21-32-35(36(30)41-37)29-11-4-6-12-31(29)40-32/h1-22H. The number of benzene rings is 6. The van der Waals surface area contributed by atoms with Gasteiger partial charge in [-0.25, -0.2) is 4.98 Å². The molecule has 0 fully saturated rings. The largest absolute Gasteiger partial charge is 0.456 e. The van der Waals surface area contributed by atoms with E-state index in [2.05, 4.69) is 102 Å². The first-order valence-corrected chi connectivity index (χ1v) is 14.7. The summed E-state index contributed by atoms with van der Waals surface area (Å²) in [4.78, 5) is 7.14. The number of nitrogens with zero attached hydrogens (tertiary/aromatic N) is 2. The van der Waals surface area contributed by atoms with E-state index in [1.54, 1.807) is 0 Å². The van der Waals surface area contributed by atoms with Crippen molar-refractivity contribution in [3.8, 4) is 11.5 Å². The minimum atomic E-state index is 0.590. The normalized spacial score (nSPS) is 11.8. The lowest BCUT2D eigenvalue weighted by atomic mass is 10.1. The molecule has 3 aromatic heterocycles. The molecule has 0 radical (unpaired) electrons. The van der Waals surface area contributed by atoms with Crippen molar-refractivity contribution in [2.24, 2.45) is 0 Å². The van der Waals surface area contributed by atoms with Crippen LogP contribution in [0.25, 0.3) is 64.7 Å². The molecule has 9 rings (SSSR count). The van der Waals surface area contributed by atoms with Crippen LogP contribution in [0.3, 0.4) is 0 Å². The molecule has 5 heteroatoms. The molecule has 0 spiro atoms. The van der Waals surface area contributed by atoms with Crippen LogP contribution in [0.4, 0.5) is 17.1 Å². The van der Waals surface area contributed by atoms with E-state index in [9.17, 15) is 0 Å². The molecule has 0 saturated carbocycles. The van der Waals surface area contributed by atoms with Crippen LogP contribution in [0.15, 0.2) is 142 Å². The first kappa shape index (κ1) is 23.3. The van der Waals surface area contributed by atoms with Crippen molar-refractivity contribution in [3.63, 3.8) is 0 Å². The highest BCUT2D eigenvalue weighted by Gasteiger charge is 2.18. The third kappa shape index (κ3) is 3.57. The minimum Gasteiger partial charge on any atom is -0.456 e. The summed E-state index contributed by atoms with van der Waals surface area (Å²) in [6.07, 6.45) is 0. The summed E-state index contributed by atoms with van der Waals surface area (Å²) in [5, 5.41) is 4.59. The zero-order valence-corrected chi connectivity index (χ0v) is 23.1. The van der Waals surface area contributed by atoms with E-state index in [1.165, 1.54) is 20.2 Å². The van der Waals surface area contributed by atoms with Crippen LogP contribution in [0.1, 0.15) is 0 Å². The van der Waals surface area contributed by atoms with Gasteiger partial charge in [-0.1, -0.05) is 60.7 Å². The van der Waals surface area contributed by atoms with Crippen LogP contribution in [-0.4, -0.2) is 4.98 Å². The molecule has 0 atom stereocenters. The van der Waals surface area contributed by atoms with Crippen molar-refractivity contribution in [2.75, 3.05) is 4.90 Å². The van der Waals surface area contributed by atoms with Gasteiger partial charge in [-0.3, -0.25) is 0 Å². The molecule has 9 aromatic rings. The second-order valence-corrected chi connectivity index (χ2v) is 11.5. The third-order valence-corrected chi connectivity index (χ3v) is 9.04. The SMILES string of the molecule is c1ccc(N(c2ccc(-c3nc4ccc5oc6ccccc6c5c4o3)cc2)c2ccc3c(c2)sc2ccccc23)cc1. The number of oxazole rings is 1. The number of thiophene rings is 1. The van der Waals surface area contributed by atoms with Crippen LogP contribution < -0.4 is 4.90 Å². The van der Waals surface area contributed by atoms with Crippen molar-refractivity contribution in [2.45, 2.75) is 0 Å². The molecule has 0 bridgehead atoms. The highest BCUT2D eigenvalue weighted by atomic mass is 32.1. The van der Waals surface area contributed by atoms with E-state index >= 15 is 0 Å². The predicted molar refractivity (Wildman–Crippen MR) is 174 cm³/mol. The molecule has 0 aliphatic heterocycles. The van der Waals surface area contributed by atoms with Crippen LogP contribution in [0, 0.1) is 0 Å². The van der Waals surface area contributed by atoms with Crippen molar-refractivity contribution in [3.05, 3.63) is 133 Å². The zero-order valence-electron chi connectivity index (χ0n) is 22.3. The molecule has 3 heterocycles. The van der Waals surface area contributed by atoms with E-state index in [0.29, 0.717) is 5.89 Å². The van der Waals surface area contributed by atoms with Crippen LogP contribution in [0.5, 0.6) is 0 Å². The van der Waals surface area contributed by atoms with Crippen LogP contribution in [0.2, 0.25) is 0 Å². The number of aromatic nitrogens is 1. The summed E-state index contributed by atoms with van der Waals surface area (Å²) >= 11 is 1.83. The fourth-order valence-corrected chi connectivity index (χ4v) is 7.09. The molecule has 0 aliphatic carbocycles. The first-order chi connectivity index (χ1) is 20.8. The molecule has 0 N–H and O–H groups in total. The number of rotatable bonds is 4. The van der Waals surface area contributed by atoms with Gasteiger partial charge in [0.05, 0.1) is 5.39 Å². The summed E-state index contributed by atoms with van der Waals surface area (Å²) < 4.78 is 15.0. The second-order valence-electron chi connectivity index (χ2n) is 10.4. The quantitative estimate of drug-likeness (QED) is 0.215. The highest BCUT2D eigenvalue weighted by molar-refractivity contribution is 7.25. The maximum absolute atomic E-state index is 6.40. The van der Waals surface area contributed by atoms with E-state index in [4.69, 9.17) is 13.8 Å². The minimum absolute atomic E-state index is 0.590. The van der Waals surface area contributed by atoms with E-state index in [-0.39, 0.29) is 0 Å². The smallest absolute Gasteiger partial charge is 0.227 e. The summed E-state index contributed by atoms with van der Waals surface area (Å²) in [6.45, 7) is 0. The summed E-state index contributed by atoms with van der Waals surface area (Å²) in [5.74, 6) is 0.590. The van der Waals surface area contributed by atoms with Crippen molar-refractivity contribution >= 4 is 81.6 Å². The second kappa shape index (κ2) is 9.06. The number of hydrogen-bond acceptors (Lipinski definition) is 5. The Kier molecular flexibility index (Phi) is 5.03. The molecule has 4 nitrogen and oxygen atoms in total. The Morgan fingerprint density at radius 3 is 2.12 bits per heavy atom. The Labute approximate surface area is 244 Å². The first-order valence-electron chi connectivity index (χ1n) is 13.9. The molecule has 0 unspecified atom stereocenters. The number of hydrogen-bond donors (Lipinski definition) is 0. The average Bonchev–Trinajstić information content (AvgIpc) is 3.75. The Morgan fingerprint density at radius 1 is 0.524 bits per heavy atom. The molecule has 0 amide bonds. The Morgan fingerprint density at radius 2 is 1.24 bits per heavy atom. The van der Waals surface area contributed by atoms with Crippen molar-refractivity contribution in [1.29, 1.82) is 0 Å². The average molecular weight is 559 g/mol. The maximum Gasteiger partial charge on any atom is 0.227 e. The Balaban J connectivity index is 1.15. The van der Waals surface area contributed by atoms with Crippen molar-refractivity contribution in [1.82, 2.24) is 4.98 Å². The van der Waals surface area contributed by atoms with Gasteiger partial charge in [0, 0.05) is 48.2 Å².